The number of benzene rings is 1. The number of hydrogen-bond donors (Lipinski definition) is 2. The number of ether oxygens (including phenoxy) is 1. The molecule has 2 N–H and O–H groups in total. The fraction of sp³-hybridized carbons (Fsp3) is 0.450. The first-order valence-electron chi connectivity index (χ1n) is 9.62. The molecule has 1 aliphatic heterocycles. The summed E-state index contributed by atoms with van der Waals surface area (Å²) in [6.45, 7) is 7.86. The summed E-state index contributed by atoms with van der Waals surface area (Å²) in [4.78, 5) is 26.4. The molecule has 0 bridgehead atoms. The van der Waals surface area contributed by atoms with Gasteiger partial charge in [-0.2, -0.15) is 5.10 Å². The van der Waals surface area contributed by atoms with Crippen molar-refractivity contribution in [1.82, 2.24) is 25.3 Å². The Labute approximate surface area is 169 Å². The number of amides is 2. The molecule has 0 aliphatic carbocycles. The highest BCUT2D eigenvalue weighted by molar-refractivity contribution is 5.96. The van der Waals surface area contributed by atoms with E-state index in [4.69, 9.17) is 4.74 Å². The van der Waals surface area contributed by atoms with E-state index in [2.05, 4.69) is 20.6 Å². The van der Waals surface area contributed by atoms with Crippen LogP contribution in [0.15, 0.2) is 24.3 Å². The summed E-state index contributed by atoms with van der Waals surface area (Å²) in [6.07, 6.45) is 0. The normalized spacial score (nSPS) is 14.6. The number of rotatable bonds is 7. The fourth-order valence-corrected chi connectivity index (χ4v) is 3.20. The van der Waals surface area contributed by atoms with E-state index in [1.54, 1.807) is 0 Å². The van der Waals surface area contributed by atoms with Crippen molar-refractivity contribution in [3.63, 3.8) is 0 Å². The zero-order chi connectivity index (χ0) is 20.8. The van der Waals surface area contributed by atoms with Gasteiger partial charge in [0.05, 0.1) is 25.5 Å². The predicted molar refractivity (Wildman–Crippen MR) is 106 cm³/mol. The summed E-state index contributed by atoms with van der Waals surface area (Å²) in [7, 11) is 0. The Morgan fingerprint density at radius 2 is 1.93 bits per heavy atom. The van der Waals surface area contributed by atoms with E-state index < -0.39 is 11.7 Å². The highest BCUT2D eigenvalue weighted by Crippen LogP contribution is 2.17. The van der Waals surface area contributed by atoms with Gasteiger partial charge in [0, 0.05) is 37.4 Å². The zero-order valence-corrected chi connectivity index (χ0v) is 16.7. The number of morpholine rings is 1. The maximum Gasteiger partial charge on any atom is 0.251 e. The fourth-order valence-electron chi connectivity index (χ4n) is 3.20. The van der Waals surface area contributed by atoms with Gasteiger partial charge in [0.25, 0.3) is 5.91 Å². The third-order valence-corrected chi connectivity index (χ3v) is 4.71. The Balaban J connectivity index is 1.48. The van der Waals surface area contributed by atoms with Gasteiger partial charge in [0.1, 0.15) is 11.5 Å². The average molecular weight is 403 g/mol. The van der Waals surface area contributed by atoms with Crippen molar-refractivity contribution in [2.45, 2.75) is 13.8 Å². The first-order chi connectivity index (χ1) is 13.9. The van der Waals surface area contributed by atoms with E-state index in [1.807, 2.05) is 19.9 Å². The van der Waals surface area contributed by atoms with Crippen LogP contribution in [0.1, 0.15) is 21.7 Å². The highest BCUT2D eigenvalue weighted by Gasteiger charge is 2.14. The van der Waals surface area contributed by atoms with E-state index >= 15 is 0 Å². The molecule has 0 radical (unpaired) electrons. The Morgan fingerprint density at radius 3 is 2.59 bits per heavy atom. The van der Waals surface area contributed by atoms with Crippen molar-refractivity contribution < 1.29 is 18.7 Å². The van der Waals surface area contributed by atoms with Crippen LogP contribution in [-0.4, -0.2) is 72.4 Å². The third-order valence-electron chi connectivity index (χ3n) is 4.71. The van der Waals surface area contributed by atoms with E-state index in [1.165, 1.54) is 16.8 Å². The van der Waals surface area contributed by atoms with Gasteiger partial charge in [-0.3, -0.25) is 14.5 Å². The van der Waals surface area contributed by atoms with Crippen molar-refractivity contribution in [2.24, 2.45) is 0 Å². The van der Waals surface area contributed by atoms with E-state index in [9.17, 15) is 14.0 Å². The number of aryl methyl sites for hydroxylation is 2. The maximum atomic E-state index is 14.5. The van der Waals surface area contributed by atoms with Crippen LogP contribution < -0.4 is 10.6 Å². The quantitative estimate of drug-likeness (QED) is 0.714. The molecule has 0 spiro atoms. The standard InChI is InChI=1S/C20H26FN5O3/c1-14-11-15(2)26(24-14)18-4-3-16(12-17(18)21)20(28)23-13-19(27)22-5-6-25-7-9-29-10-8-25/h3-4,11-12H,5-10,13H2,1-2H3,(H,22,27)(H,23,28). The number of carbonyl (C=O) groups is 2. The minimum atomic E-state index is -0.557. The van der Waals surface area contributed by atoms with Crippen LogP contribution in [0, 0.1) is 19.7 Å². The zero-order valence-electron chi connectivity index (χ0n) is 16.7. The van der Waals surface area contributed by atoms with Crippen LogP contribution >= 0.6 is 0 Å². The van der Waals surface area contributed by atoms with Crippen LogP contribution in [0.3, 0.4) is 0 Å². The molecule has 8 nitrogen and oxygen atoms in total. The molecule has 2 amide bonds. The topological polar surface area (TPSA) is 88.5 Å². The second kappa shape index (κ2) is 9.62. The molecule has 1 aromatic heterocycles. The lowest BCUT2D eigenvalue weighted by Crippen LogP contribution is -2.43. The second-order valence-corrected chi connectivity index (χ2v) is 6.99. The van der Waals surface area contributed by atoms with Gasteiger partial charge in [0.2, 0.25) is 5.91 Å². The van der Waals surface area contributed by atoms with Crippen LogP contribution in [-0.2, 0) is 9.53 Å². The number of aromatic nitrogens is 2. The van der Waals surface area contributed by atoms with Gasteiger partial charge >= 0.3 is 0 Å². The molecule has 29 heavy (non-hydrogen) atoms. The molecule has 9 heteroatoms. The number of nitrogens with one attached hydrogen (secondary N) is 2. The van der Waals surface area contributed by atoms with Gasteiger partial charge in [-0.05, 0) is 38.1 Å². The van der Waals surface area contributed by atoms with Crippen molar-refractivity contribution >= 4 is 11.8 Å². The molecule has 2 aromatic rings. The maximum absolute atomic E-state index is 14.5. The molecular formula is C20H26FN5O3. The summed E-state index contributed by atoms with van der Waals surface area (Å²) in [5.41, 5.74) is 2.00. The molecular weight excluding hydrogens is 377 g/mol. The third kappa shape index (κ3) is 5.61. The molecule has 1 aromatic carbocycles. The first-order valence-corrected chi connectivity index (χ1v) is 9.62. The molecule has 1 saturated heterocycles. The van der Waals surface area contributed by atoms with Crippen molar-refractivity contribution in [3.05, 3.63) is 47.0 Å². The predicted octanol–water partition coefficient (Wildman–Crippen LogP) is 0.806. The highest BCUT2D eigenvalue weighted by atomic mass is 19.1. The summed E-state index contributed by atoms with van der Waals surface area (Å²) in [5, 5.41) is 9.53. The Bertz CT molecular complexity index is 877. The van der Waals surface area contributed by atoms with Gasteiger partial charge in [0.15, 0.2) is 0 Å². The van der Waals surface area contributed by atoms with Crippen molar-refractivity contribution in [2.75, 3.05) is 45.9 Å². The Hall–Kier alpha value is -2.78. The summed E-state index contributed by atoms with van der Waals surface area (Å²) >= 11 is 0. The summed E-state index contributed by atoms with van der Waals surface area (Å²) in [6, 6.07) is 6.02. The van der Waals surface area contributed by atoms with Gasteiger partial charge < -0.3 is 15.4 Å². The van der Waals surface area contributed by atoms with E-state index in [0.717, 1.165) is 37.1 Å². The van der Waals surface area contributed by atoms with Crippen LogP contribution in [0.25, 0.3) is 5.69 Å². The SMILES string of the molecule is Cc1cc(C)n(-c2ccc(C(=O)NCC(=O)NCCN3CCOCC3)cc2F)n1. The van der Waals surface area contributed by atoms with Crippen molar-refractivity contribution in [1.29, 1.82) is 0 Å². The largest absolute Gasteiger partial charge is 0.379 e. The smallest absolute Gasteiger partial charge is 0.251 e. The molecule has 0 saturated carbocycles. The minimum Gasteiger partial charge on any atom is -0.379 e. The number of halogens is 1. The summed E-state index contributed by atoms with van der Waals surface area (Å²) in [5.74, 6) is -1.35. The molecule has 2 heterocycles. The number of nitrogens with zero attached hydrogens (tertiary/aromatic N) is 3. The molecule has 0 atom stereocenters. The van der Waals surface area contributed by atoms with E-state index in [0.29, 0.717) is 19.8 Å². The Morgan fingerprint density at radius 1 is 1.17 bits per heavy atom. The molecule has 1 fully saturated rings. The van der Waals surface area contributed by atoms with Crippen LogP contribution in [0.5, 0.6) is 0 Å². The van der Waals surface area contributed by atoms with Crippen LogP contribution in [0.2, 0.25) is 0 Å². The minimum absolute atomic E-state index is 0.147. The monoisotopic (exact) mass is 403 g/mol. The number of carbonyl (C=O) groups excluding carboxylic acids is 2. The van der Waals surface area contributed by atoms with Gasteiger partial charge in [-0.25, -0.2) is 9.07 Å². The number of hydrogen-bond acceptors (Lipinski definition) is 5. The lowest BCUT2D eigenvalue weighted by molar-refractivity contribution is -0.120. The molecule has 1 aliphatic rings. The summed E-state index contributed by atoms with van der Waals surface area (Å²) < 4.78 is 21.3. The van der Waals surface area contributed by atoms with E-state index in [-0.39, 0.29) is 23.7 Å². The van der Waals surface area contributed by atoms with Gasteiger partial charge in [-0.15, -0.1) is 0 Å². The first kappa shape index (κ1) is 20.9. The molecule has 0 unspecified atom stereocenters. The van der Waals surface area contributed by atoms with Crippen molar-refractivity contribution in [3.8, 4) is 5.69 Å². The lowest BCUT2D eigenvalue weighted by Gasteiger charge is -2.26. The molecule has 3 rings (SSSR count). The van der Waals surface area contributed by atoms with Gasteiger partial charge in [-0.1, -0.05) is 0 Å². The molecule has 156 valence electrons. The lowest BCUT2D eigenvalue weighted by atomic mass is 10.2. The van der Waals surface area contributed by atoms with Crippen LogP contribution in [0.4, 0.5) is 4.39 Å². The second-order valence-electron chi connectivity index (χ2n) is 6.99. The average Bonchev–Trinajstić information content (AvgIpc) is 3.04. The Kier molecular flexibility index (Phi) is 6.95.